The average Bonchev–Trinajstić information content (AvgIpc) is 2.78. The lowest BCUT2D eigenvalue weighted by molar-refractivity contribution is -0.123. The third kappa shape index (κ3) is 8.36. The number of aromatic nitrogens is 3. The molecule has 174 valence electrons. The fraction of sp³-hybridized carbons (Fsp3) is 0.385. The van der Waals surface area contributed by atoms with E-state index < -0.39 is 5.41 Å². The van der Waals surface area contributed by atoms with Crippen LogP contribution in [0.2, 0.25) is 0 Å². The summed E-state index contributed by atoms with van der Waals surface area (Å²) in [7, 11) is 2.11. The molecular weight excluding hydrogens is 412 g/mol. The van der Waals surface area contributed by atoms with Crippen molar-refractivity contribution in [2.45, 2.75) is 40.4 Å². The van der Waals surface area contributed by atoms with Gasteiger partial charge in [0.2, 0.25) is 5.91 Å². The molecule has 3 heterocycles. The van der Waals surface area contributed by atoms with Gasteiger partial charge in [0, 0.05) is 50.5 Å². The number of carbonyl (C=O) groups excluding carboxylic acids is 1. The molecule has 0 saturated heterocycles. The Morgan fingerprint density at radius 3 is 2.03 bits per heavy atom. The van der Waals surface area contributed by atoms with Gasteiger partial charge in [0.25, 0.3) is 0 Å². The molecule has 0 radical (unpaired) electrons. The number of carbonyl (C=O) groups is 1. The number of hydrogen-bond donors (Lipinski definition) is 1. The third-order valence-corrected chi connectivity index (χ3v) is 5.18. The first kappa shape index (κ1) is 24.5. The summed E-state index contributed by atoms with van der Waals surface area (Å²) < 4.78 is 0. The molecule has 0 aliphatic rings. The maximum Gasteiger partial charge on any atom is 0.230 e. The molecule has 7 nitrogen and oxygen atoms in total. The number of nitrogens with zero attached hydrogens (tertiary/aromatic N) is 5. The summed E-state index contributed by atoms with van der Waals surface area (Å²) in [4.78, 5) is 30.6. The fourth-order valence-corrected chi connectivity index (χ4v) is 3.26. The normalized spacial score (nSPS) is 11.7. The van der Waals surface area contributed by atoms with E-state index in [4.69, 9.17) is 0 Å². The Kier molecular flexibility index (Phi) is 8.63. The highest BCUT2D eigenvalue weighted by atomic mass is 16.2. The summed E-state index contributed by atoms with van der Waals surface area (Å²) in [6, 6.07) is 17.7. The lowest BCUT2D eigenvalue weighted by Crippen LogP contribution is -2.33. The van der Waals surface area contributed by atoms with Crippen LogP contribution in [-0.2, 0) is 24.4 Å². The minimum atomic E-state index is -0.471. The molecule has 3 rings (SSSR count). The van der Waals surface area contributed by atoms with Crippen molar-refractivity contribution in [1.29, 1.82) is 0 Å². The molecule has 0 fully saturated rings. The molecule has 7 heteroatoms. The molecule has 0 aromatic carbocycles. The highest BCUT2D eigenvalue weighted by molar-refractivity contribution is 5.93. The van der Waals surface area contributed by atoms with Crippen LogP contribution < -0.4 is 5.32 Å². The predicted octanol–water partition coefficient (Wildman–Crippen LogP) is 3.99. The number of hydrogen-bond acceptors (Lipinski definition) is 6. The standard InChI is InChI=1S/C26H34N6O/c1-26(2,3)25(33)30-24-13-9-12-23(29-24)20-32(19-22-11-6-8-15-28-22)17-16-31(4)18-21-10-5-7-14-27-21/h5-15H,16-20H2,1-4H3,(H,29,30,33). The Morgan fingerprint density at radius 1 is 0.818 bits per heavy atom. The van der Waals surface area contributed by atoms with Crippen LogP contribution in [0.3, 0.4) is 0 Å². The zero-order valence-corrected chi connectivity index (χ0v) is 20.0. The summed E-state index contributed by atoms with van der Waals surface area (Å²) in [5.74, 6) is 0.533. The van der Waals surface area contributed by atoms with Crippen molar-refractivity contribution in [3.8, 4) is 0 Å². The van der Waals surface area contributed by atoms with Crippen LogP contribution in [0.25, 0.3) is 0 Å². The molecule has 3 aromatic rings. The first-order valence-electron chi connectivity index (χ1n) is 11.3. The summed E-state index contributed by atoms with van der Waals surface area (Å²) in [5, 5.41) is 2.93. The van der Waals surface area contributed by atoms with Gasteiger partial charge in [-0.15, -0.1) is 0 Å². The molecule has 0 aliphatic heterocycles. The molecule has 0 unspecified atom stereocenters. The zero-order valence-electron chi connectivity index (χ0n) is 20.0. The minimum Gasteiger partial charge on any atom is -0.310 e. The molecule has 0 atom stereocenters. The van der Waals surface area contributed by atoms with Crippen LogP contribution in [0.15, 0.2) is 67.0 Å². The van der Waals surface area contributed by atoms with Crippen molar-refractivity contribution in [3.05, 3.63) is 84.1 Å². The molecule has 1 N–H and O–H groups in total. The highest BCUT2D eigenvalue weighted by Gasteiger charge is 2.21. The Labute approximate surface area is 196 Å². The zero-order chi connectivity index (χ0) is 23.7. The van der Waals surface area contributed by atoms with Crippen LogP contribution in [0.1, 0.15) is 37.9 Å². The first-order chi connectivity index (χ1) is 15.8. The van der Waals surface area contributed by atoms with Crippen LogP contribution >= 0.6 is 0 Å². The van der Waals surface area contributed by atoms with Crippen molar-refractivity contribution < 1.29 is 4.79 Å². The maximum atomic E-state index is 12.4. The van der Waals surface area contributed by atoms with Gasteiger partial charge in [0.05, 0.1) is 17.1 Å². The monoisotopic (exact) mass is 446 g/mol. The van der Waals surface area contributed by atoms with Crippen molar-refractivity contribution in [3.63, 3.8) is 0 Å². The van der Waals surface area contributed by atoms with Crippen LogP contribution in [0.5, 0.6) is 0 Å². The number of nitrogens with one attached hydrogen (secondary N) is 1. The smallest absolute Gasteiger partial charge is 0.230 e. The van der Waals surface area contributed by atoms with Gasteiger partial charge in [-0.25, -0.2) is 4.98 Å². The van der Waals surface area contributed by atoms with Gasteiger partial charge in [-0.2, -0.15) is 0 Å². The molecule has 0 bridgehead atoms. The Balaban J connectivity index is 1.66. The molecule has 0 saturated carbocycles. The van der Waals surface area contributed by atoms with E-state index in [0.29, 0.717) is 12.4 Å². The number of anilines is 1. The molecule has 33 heavy (non-hydrogen) atoms. The van der Waals surface area contributed by atoms with Crippen LogP contribution in [-0.4, -0.2) is 50.8 Å². The topological polar surface area (TPSA) is 74.2 Å². The van der Waals surface area contributed by atoms with E-state index >= 15 is 0 Å². The molecule has 0 aliphatic carbocycles. The lowest BCUT2D eigenvalue weighted by atomic mass is 9.96. The highest BCUT2D eigenvalue weighted by Crippen LogP contribution is 2.17. The molecule has 1 amide bonds. The predicted molar refractivity (Wildman–Crippen MR) is 131 cm³/mol. The Morgan fingerprint density at radius 2 is 1.42 bits per heavy atom. The van der Waals surface area contributed by atoms with Crippen molar-refractivity contribution >= 4 is 11.7 Å². The number of amides is 1. The van der Waals surface area contributed by atoms with E-state index in [1.807, 2.05) is 87.8 Å². The third-order valence-electron chi connectivity index (χ3n) is 5.18. The summed E-state index contributed by atoms with van der Waals surface area (Å²) in [6.45, 7) is 9.58. The largest absolute Gasteiger partial charge is 0.310 e. The van der Waals surface area contributed by atoms with E-state index in [2.05, 4.69) is 37.1 Å². The Hall–Kier alpha value is -3.16. The van der Waals surface area contributed by atoms with Gasteiger partial charge < -0.3 is 5.32 Å². The van der Waals surface area contributed by atoms with Gasteiger partial charge in [-0.3, -0.25) is 24.6 Å². The summed E-state index contributed by atoms with van der Waals surface area (Å²) in [6.07, 6.45) is 3.65. The van der Waals surface area contributed by atoms with E-state index in [1.165, 1.54) is 0 Å². The van der Waals surface area contributed by atoms with E-state index in [9.17, 15) is 4.79 Å². The van der Waals surface area contributed by atoms with Gasteiger partial charge in [0.1, 0.15) is 5.82 Å². The van der Waals surface area contributed by atoms with Gasteiger partial charge in [-0.1, -0.05) is 39.0 Å². The van der Waals surface area contributed by atoms with E-state index in [-0.39, 0.29) is 5.91 Å². The minimum absolute atomic E-state index is 0.0476. The van der Waals surface area contributed by atoms with Crippen molar-refractivity contribution in [2.24, 2.45) is 5.41 Å². The average molecular weight is 447 g/mol. The second-order valence-electron chi connectivity index (χ2n) is 9.31. The van der Waals surface area contributed by atoms with Crippen LogP contribution in [0.4, 0.5) is 5.82 Å². The molecular formula is C26H34N6O. The summed E-state index contributed by atoms with van der Waals surface area (Å²) >= 11 is 0. The number of rotatable bonds is 10. The SMILES string of the molecule is CN(CCN(Cc1ccccn1)Cc1cccc(NC(=O)C(C)(C)C)n1)Cc1ccccn1. The van der Waals surface area contributed by atoms with E-state index in [1.54, 1.807) is 0 Å². The van der Waals surface area contributed by atoms with Crippen LogP contribution in [0, 0.1) is 5.41 Å². The van der Waals surface area contributed by atoms with Gasteiger partial charge in [0.15, 0.2) is 0 Å². The van der Waals surface area contributed by atoms with Gasteiger partial charge in [-0.05, 0) is 43.4 Å². The summed E-state index contributed by atoms with van der Waals surface area (Å²) in [5.41, 5.74) is 2.51. The maximum absolute atomic E-state index is 12.4. The second-order valence-corrected chi connectivity index (χ2v) is 9.31. The lowest BCUT2D eigenvalue weighted by Gasteiger charge is -2.25. The fourth-order valence-electron chi connectivity index (χ4n) is 3.26. The molecule has 3 aromatic heterocycles. The quantitative estimate of drug-likeness (QED) is 0.508. The first-order valence-corrected chi connectivity index (χ1v) is 11.3. The second kappa shape index (κ2) is 11.6. The van der Waals surface area contributed by atoms with Crippen molar-refractivity contribution in [2.75, 3.05) is 25.5 Å². The van der Waals surface area contributed by atoms with Crippen molar-refractivity contribution in [1.82, 2.24) is 24.8 Å². The van der Waals surface area contributed by atoms with E-state index in [0.717, 1.165) is 43.3 Å². The van der Waals surface area contributed by atoms with Gasteiger partial charge >= 0.3 is 0 Å². The number of pyridine rings is 3. The molecule has 0 spiro atoms. The number of likely N-dealkylation sites (N-methyl/N-ethyl adjacent to an activating group) is 1. The Bertz CT molecular complexity index is 1000.